The smallest absolute Gasteiger partial charge is 0.219 e. The first kappa shape index (κ1) is 30.3. The summed E-state index contributed by atoms with van der Waals surface area (Å²) in [4.78, 5) is 13.2. The molecule has 0 aromatic heterocycles. The zero-order valence-corrected chi connectivity index (χ0v) is 23.8. The molecule has 3 rings (SSSR count). The van der Waals surface area contributed by atoms with Gasteiger partial charge in [-0.3, -0.25) is 4.79 Å². The van der Waals surface area contributed by atoms with Crippen LogP contribution in [0.15, 0.2) is 78.4 Å². The zero-order valence-electron chi connectivity index (χ0n) is 23.8. The molecule has 0 bridgehead atoms. The second-order valence-electron chi connectivity index (χ2n) is 10.6. The van der Waals surface area contributed by atoms with E-state index in [1.165, 1.54) is 33.9 Å². The Morgan fingerprint density at radius 3 is 2.27 bits per heavy atom. The summed E-state index contributed by atoms with van der Waals surface area (Å²) in [6.45, 7) is 18.0. The topological polar surface area (TPSA) is 20.3 Å². The lowest BCUT2D eigenvalue weighted by Gasteiger charge is -2.31. The zero-order chi connectivity index (χ0) is 27.4. The molecule has 1 saturated heterocycles. The van der Waals surface area contributed by atoms with Crippen molar-refractivity contribution in [3.63, 3.8) is 0 Å². The molecule has 1 amide bonds. The third-order valence-corrected chi connectivity index (χ3v) is 7.33. The van der Waals surface area contributed by atoms with Crippen LogP contribution in [-0.4, -0.2) is 23.9 Å². The maximum Gasteiger partial charge on any atom is 0.219 e. The van der Waals surface area contributed by atoms with Crippen LogP contribution >= 0.6 is 0 Å². The van der Waals surface area contributed by atoms with E-state index in [0.717, 1.165) is 56.7 Å². The second kappa shape index (κ2) is 15.3. The average molecular weight is 504 g/mol. The summed E-state index contributed by atoms with van der Waals surface area (Å²) in [5, 5.41) is 0. The van der Waals surface area contributed by atoms with Gasteiger partial charge in [-0.1, -0.05) is 72.7 Å². The molecule has 2 nitrogen and oxygen atoms in total. The lowest BCUT2D eigenvalue weighted by molar-refractivity contribution is -0.130. The number of allylic oxidation sites excluding steroid dienone is 5. The lowest BCUT2D eigenvalue weighted by Crippen LogP contribution is -2.37. The van der Waals surface area contributed by atoms with Gasteiger partial charge in [-0.25, -0.2) is 4.39 Å². The van der Waals surface area contributed by atoms with Crippen molar-refractivity contribution in [3.8, 4) is 0 Å². The number of piperidine rings is 1. The fraction of sp³-hybridized carbons (Fsp3) is 0.441. The predicted octanol–water partition coefficient (Wildman–Crippen LogP) is 8.89. The van der Waals surface area contributed by atoms with E-state index in [9.17, 15) is 9.18 Å². The van der Waals surface area contributed by atoms with Gasteiger partial charge in [0.1, 0.15) is 5.82 Å². The highest BCUT2D eigenvalue weighted by Gasteiger charge is 2.20. The molecule has 2 aromatic rings. The standard InChI is InChI=1S/C18H23F.C16H23NO/c1-5-15(12-11-14(3)4)13-16(6-2)17-9-7-8-10-18(17)19;1-12-4-5-16(10-13(12)2)11-15-6-8-17(9-7-15)14(3)18/h6-12,16H,2,5,13H2,1,3-4H3;4-5,10,15H,6-9,11H2,1-3H3/b15-12-;. The number of carbonyl (C=O) groups excluding carboxylic acids is 1. The number of nitrogens with zero attached hydrogens (tertiary/aromatic N) is 1. The van der Waals surface area contributed by atoms with Crippen LogP contribution in [0.25, 0.3) is 0 Å². The molecule has 1 atom stereocenters. The third kappa shape index (κ3) is 10.1. The van der Waals surface area contributed by atoms with Crippen molar-refractivity contribution in [2.75, 3.05) is 13.1 Å². The van der Waals surface area contributed by atoms with Gasteiger partial charge in [0.05, 0.1) is 0 Å². The first-order valence-corrected chi connectivity index (χ1v) is 13.7. The van der Waals surface area contributed by atoms with Crippen LogP contribution < -0.4 is 0 Å². The van der Waals surface area contributed by atoms with Crippen LogP contribution in [0, 0.1) is 25.6 Å². The molecule has 0 spiro atoms. The monoisotopic (exact) mass is 503 g/mol. The largest absolute Gasteiger partial charge is 0.343 e. The molecular weight excluding hydrogens is 457 g/mol. The Hall–Kier alpha value is -2.94. The van der Waals surface area contributed by atoms with Crippen molar-refractivity contribution < 1.29 is 9.18 Å². The fourth-order valence-electron chi connectivity index (χ4n) is 4.71. The van der Waals surface area contributed by atoms with E-state index < -0.39 is 0 Å². The number of benzene rings is 2. The van der Waals surface area contributed by atoms with Crippen molar-refractivity contribution in [2.24, 2.45) is 5.92 Å². The minimum absolute atomic E-state index is 0.0398. The van der Waals surface area contributed by atoms with Crippen LogP contribution in [0.5, 0.6) is 0 Å². The maximum absolute atomic E-state index is 13.8. The summed E-state index contributed by atoms with van der Waals surface area (Å²) in [5.41, 5.74) is 7.51. The van der Waals surface area contributed by atoms with Crippen molar-refractivity contribution in [1.82, 2.24) is 4.90 Å². The fourth-order valence-corrected chi connectivity index (χ4v) is 4.71. The molecule has 1 unspecified atom stereocenters. The van der Waals surface area contributed by atoms with Gasteiger partial charge in [0.25, 0.3) is 0 Å². The lowest BCUT2D eigenvalue weighted by atomic mass is 9.89. The molecule has 0 saturated carbocycles. The molecular formula is C34H46FNO. The van der Waals surface area contributed by atoms with Crippen LogP contribution in [0.1, 0.15) is 81.5 Å². The van der Waals surface area contributed by atoms with Crippen molar-refractivity contribution in [1.29, 1.82) is 0 Å². The van der Waals surface area contributed by atoms with Gasteiger partial charge >= 0.3 is 0 Å². The second-order valence-corrected chi connectivity index (χ2v) is 10.6. The summed E-state index contributed by atoms with van der Waals surface area (Å²) >= 11 is 0. The van der Waals surface area contributed by atoms with E-state index in [2.05, 4.69) is 71.5 Å². The highest BCUT2D eigenvalue weighted by molar-refractivity contribution is 5.73. The van der Waals surface area contributed by atoms with Crippen LogP contribution in [-0.2, 0) is 11.2 Å². The first-order chi connectivity index (χ1) is 17.6. The summed E-state index contributed by atoms with van der Waals surface area (Å²) in [5.74, 6) is 0.852. The van der Waals surface area contributed by atoms with Gasteiger partial charge in [-0.2, -0.15) is 0 Å². The van der Waals surface area contributed by atoms with E-state index in [1.54, 1.807) is 13.0 Å². The maximum atomic E-state index is 13.8. The molecule has 2 aromatic carbocycles. The quantitative estimate of drug-likeness (QED) is 0.260. The van der Waals surface area contributed by atoms with Crippen LogP contribution in [0.3, 0.4) is 0 Å². The Bertz CT molecular complexity index is 1080. The minimum atomic E-state index is -0.148. The van der Waals surface area contributed by atoms with Gasteiger partial charge in [0, 0.05) is 25.9 Å². The average Bonchev–Trinajstić information content (AvgIpc) is 2.88. The van der Waals surface area contributed by atoms with Gasteiger partial charge in [0.2, 0.25) is 5.91 Å². The van der Waals surface area contributed by atoms with E-state index in [0.29, 0.717) is 0 Å². The Labute approximate surface area is 225 Å². The van der Waals surface area contributed by atoms with Crippen molar-refractivity contribution >= 4 is 5.91 Å². The Morgan fingerprint density at radius 1 is 1.05 bits per heavy atom. The molecule has 3 heteroatoms. The highest BCUT2D eigenvalue weighted by atomic mass is 19.1. The van der Waals surface area contributed by atoms with Crippen molar-refractivity contribution in [2.45, 2.75) is 79.6 Å². The van der Waals surface area contributed by atoms with Crippen LogP contribution in [0.4, 0.5) is 4.39 Å². The number of rotatable bonds is 8. The number of likely N-dealkylation sites (tertiary alicyclic amines) is 1. The van der Waals surface area contributed by atoms with E-state index >= 15 is 0 Å². The number of aryl methyl sites for hydroxylation is 2. The summed E-state index contributed by atoms with van der Waals surface area (Å²) < 4.78 is 13.8. The van der Waals surface area contributed by atoms with Gasteiger partial charge in [-0.15, -0.1) is 6.58 Å². The minimum Gasteiger partial charge on any atom is -0.343 e. The Morgan fingerprint density at radius 2 is 1.73 bits per heavy atom. The number of hydrogen-bond acceptors (Lipinski definition) is 1. The molecule has 1 aliphatic rings. The summed E-state index contributed by atoms with van der Waals surface area (Å²) in [7, 11) is 0. The summed E-state index contributed by atoms with van der Waals surface area (Å²) in [6, 6.07) is 13.7. The number of amides is 1. The Kier molecular flexibility index (Phi) is 12.6. The van der Waals surface area contributed by atoms with Gasteiger partial charge in [0.15, 0.2) is 0 Å². The first-order valence-electron chi connectivity index (χ1n) is 13.7. The number of halogens is 1. The highest BCUT2D eigenvalue weighted by Crippen LogP contribution is 2.28. The van der Waals surface area contributed by atoms with Gasteiger partial charge < -0.3 is 4.90 Å². The van der Waals surface area contributed by atoms with E-state index in [1.807, 2.05) is 23.1 Å². The van der Waals surface area contributed by atoms with E-state index in [4.69, 9.17) is 0 Å². The molecule has 37 heavy (non-hydrogen) atoms. The molecule has 1 heterocycles. The number of carbonyl (C=O) groups is 1. The number of hydrogen-bond donors (Lipinski definition) is 0. The predicted molar refractivity (Wildman–Crippen MR) is 156 cm³/mol. The SMILES string of the molecule is C=CC(C/C(=C\C=C(C)C)CC)c1ccccc1F.CC(=O)N1CCC(Cc2ccc(C)c(C)c2)CC1. The van der Waals surface area contributed by atoms with Crippen LogP contribution in [0.2, 0.25) is 0 Å². The van der Waals surface area contributed by atoms with Gasteiger partial charge in [-0.05, 0) is 94.0 Å². The molecule has 0 radical (unpaired) electrons. The molecule has 1 aliphatic heterocycles. The van der Waals surface area contributed by atoms with Crippen molar-refractivity contribution in [3.05, 3.63) is 106 Å². The molecule has 0 aliphatic carbocycles. The third-order valence-electron chi connectivity index (χ3n) is 7.33. The van der Waals surface area contributed by atoms with E-state index in [-0.39, 0.29) is 17.6 Å². The summed E-state index contributed by atoms with van der Waals surface area (Å²) in [6.07, 6.45) is 11.3. The molecule has 0 N–H and O–H groups in total. The molecule has 200 valence electrons. The Balaban J connectivity index is 0.000000260. The molecule has 1 fully saturated rings. The normalized spacial score (nSPS) is 14.9.